The fraction of sp³-hybridized carbons (Fsp3) is 0.294. The summed E-state index contributed by atoms with van der Waals surface area (Å²) in [5, 5.41) is 22.5. The quantitative estimate of drug-likeness (QED) is 0.251. The number of aromatic nitrogens is 2. The van der Waals surface area contributed by atoms with Gasteiger partial charge in [-0.05, 0) is 92.3 Å². The van der Waals surface area contributed by atoms with Crippen LogP contribution in [0.4, 0.5) is 0 Å². The number of hydrogen-bond acceptors (Lipinski definition) is 7. The lowest BCUT2D eigenvalue weighted by Gasteiger charge is -2.33. The Kier molecular flexibility index (Phi) is 9.23. The van der Waals surface area contributed by atoms with E-state index in [1.54, 1.807) is 24.5 Å². The minimum Gasteiger partial charge on any atom is -0.597 e. The van der Waals surface area contributed by atoms with Crippen LogP contribution in [-0.4, -0.2) is 47.7 Å². The van der Waals surface area contributed by atoms with Crippen molar-refractivity contribution in [1.29, 1.82) is 5.26 Å². The molecule has 2 aromatic carbocycles. The van der Waals surface area contributed by atoms with Gasteiger partial charge in [-0.2, -0.15) is 5.26 Å². The van der Waals surface area contributed by atoms with Crippen molar-refractivity contribution in [2.24, 2.45) is 0 Å². The Balaban J connectivity index is 1.57. The molecule has 0 radical (unpaired) electrons. The Morgan fingerprint density at radius 3 is 2.49 bits per heavy atom. The summed E-state index contributed by atoms with van der Waals surface area (Å²) < 4.78 is 15.1. The van der Waals surface area contributed by atoms with Gasteiger partial charge in [0, 0.05) is 48.0 Å². The average molecular weight is 594 g/mol. The van der Waals surface area contributed by atoms with Crippen molar-refractivity contribution >= 4 is 17.3 Å². The van der Waals surface area contributed by atoms with Crippen molar-refractivity contribution in [1.82, 2.24) is 19.6 Å². The summed E-state index contributed by atoms with van der Waals surface area (Å²) in [6.07, 6.45) is 4.50. The highest BCUT2D eigenvalue weighted by Crippen LogP contribution is 2.45. The molecule has 1 aliphatic rings. The van der Waals surface area contributed by atoms with Gasteiger partial charge in [-0.15, -0.1) is 4.31 Å². The molecule has 8 nitrogen and oxygen atoms in total. The van der Waals surface area contributed by atoms with E-state index in [4.69, 9.17) is 4.98 Å². The molecule has 3 heterocycles. The van der Waals surface area contributed by atoms with E-state index < -0.39 is 16.1 Å². The smallest absolute Gasteiger partial charge is 0.269 e. The number of fused-ring (bicyclic) bond motifs is 1. The zero-order valence-electron chi connectivity index (χ0n) is 24.6. The van der Waals surface area contributed by atoms with Crippen LogP contribution < -0.4 is 5.32 Å². The van der Waals surface area contributed by atoms with E-state index >= 15 is 0 Å². The minimum atomic E-state index is -1.36. The third-order valence-corrected chi connectivity index (χ3v) is 9.29. The summed E-state index contributed by atoms with van der Waals surface area (Å²) in [6, 6.07) is 22.8. The van der Waals surface area contributed by atoms with Crippen molar-refractivity contribution < 1.29 is 14.5 Å². The molecule has 43 heavy (non-hydrogen) atoms. The maximum atomic E-state index is 13.7. The summed E-state index contributed by atoms with van der Waals surface area (Å²) in [5.41, 5.74) is 6.90. The molecule has 5 rings (SSSR count). The molecule has 0 bridgehead atoms. The molecule has 0 fully saturated rings. The number of aliphatic hydroxyl groups excluding tert-OH is 1. The second-order valence-electron chi connectivity index (χ2n) is 11.5. The number of rotatable bonds is 9. The topological polar surface area (TPSA) is 125 Å². The second-order valence-corrected chi connectivity index (χ2v) is 13.7. The number of pyridine rings is 2. The predicted molar refractivity (Wildman–Crippen MR) is 168 cm³/mol. The van der Waals surface area contributed by atoms with Gasteiger partial charge in [0.05, 0.1) is 29.9 Å². The number of amides is 1. The third-order valence-electron chi connectivity index (χ3n) is 7.43. The highest BCUT2D eigenvalue weighted by atomic mass is 32.2. The monoisotopic (exact) mass is 593 g/mol. The summed E-state index contributed by atoms with van der Waals surface area (Å²) in [6.45, 7) is 6.53. The van der Waals surface area contributed by atoms with E-state index in [0.29, 0.717) is 37.2 Å². The maximum Gasteiger partial charge on any atom is 0.269 e. The molecule has 2 atom stereocenters. The Morgan fingerprint density at radius 2 is 1.79 bits per heavy atom. The molecule has 4 aromatic rings. The molecule has 2 N–H and O–H groups in total. The zero-order valence-corrected chi connectivity index (χ0v) is 25.4. The number of nitriles is 1. The van der Waals surface area contributed by atoms with Crippen LogP contribution >= 0.6 is 0 Å². The molecule has 0 spiro atoms. The number of aliphatic hydroxyl groups is 1. The zero-order chi connectivity index (χ0) is 30.6. The Bertz CT molecular complexity index is 1650. The lowest BCUT2D eigenvalue weighted by Crippen LogP contribution is -2.42. The van der Waals surface area contributed by atoms with E-state index in [1.807, 2.05) is 79.7 Å². The normalized spacial score (nSPS) is 15.5. The fourth-order valence-corrected chi connectivity index (χ4v) is 6.78. The van der Waals surface area contributed by atoms with Gasteiger partial charge in [0.1, 0.15) is 10.4 Å². The van der Waals surface area contributed by atoms with Crippen LogP contribution in [0.15, 0.2) is 79.1 Å². The summed E-state index contributed by atoms with van der Waals surface area (Å²) in [5.74, 6) is -0.287. The predicted octanol–water partition coefficient (Wildman–Crippen LogP) is 5.36. The molecule has 0 saturated carbocycles. The Morgan fingerprint density at radius 1 is 1.09 bits per heavy atom. The first-order valence-corrected chi connectivity index (χ1v) is 15.4. The lowest BCUT2D eigenvalue weighted by atomic mass is 9.93. The van der Waals surface area contributed by atoms with Crippen molar-refractivity contribution in [3.8, 4) is 28.5 Å². The number of carbonyl (C=O) groups excluding carboxylic acids is 1. The van der Waals surface area contributed by atoms with E-state index in [9.17, 15) is 19.7 Å². The van der Waals surface area contributed by atoms with Crippen LogP contribution in [0, 0.1) is 11.3 Å². The maximum absolute atomic E-state index is 13.7. The lowest BCUT2D eigenvalue weighted by molar-refractivity contribution is 0.0949. The SMILES string of the molecule is CC(C)(C)[S+]([O-])N1Cc2cc(C(=O)NCCc3ccncc3)nc(-c3cccc(-c4cccc(C#N)c4)c3)c2[C@H]1CCO. The molecular weight excluding hydrogens is 558 g/mol. The molecule has 9 heteroatoms. The van der Waals surface area contributed by atoms with Crippen LogP contribution in [0.3, 0.4) is 0 Å². The van der Waals surface area contributed by atoms with Crippen LogP contribution in [0.1, 0.15) is 66.0 Å². The minimum absolute atomic E-state index is 0.0837. The second kappa shape index (κ2) is 13.1. The van der Waals surface area contributed by atoms with E-state index in [0.717, 1.165) is 33.4 Å². The fourth-order valence-electron chi connectivity index (χ4n) is 5.38. The summed E-state index contributed by atoms with van der Waals surface area (Å²) in [7, 11) is 0. The Hall–Kier alpha value is -4.07. The summed E-state index contributed by atoms with van der Waals surface area (Å²) in [4.78, 5) is 22.4. The largest absolute Gasteiger partial charge is 0.597 e. The van der Waals surface area contributed by atoms with E-state index in [2.05, 4.69) is 16.4 Å². The van der Waals surface area contributed by atoms with Crippen LogP contribution in [0.2, 0.25) is 0 Å². The highest BCUT2D eigenvalue weighted by molar-refractivity contribution is 7.90. The number of carbonyl (C=O) groups is 1. The van der Waals surface area contributed by atoms with Gasteiger partial charge in [0.2, 0.25) is 0 Å². The molecular formula is C34H35N5O3S. The van der Waals surface area contributed by atoms with Crippen LogP contribution in [0.25, 0.3) is 22.4 Å². The van der Waals surface area contributed by atoms with Gasteiger partial charge >= 0.3 is 0 Å². The summed E-state index contributed by atoms with van der Waals surface area (Å²) >= 11 is -1.36. The van der Waals surface area contributed by atoms with Gasteiger partial charge in [-0.3, -0.25) is 9.78 Å². The molecule has 220 valence electrons. The number of nitrogens with one attached hydrogen (secondary N) is 1. The van der Waals surface area contributed by atoms with Gasteiger partial charge in [0.25, 0.3) is 5.91 Å². The van der Waals surface area contributed by atoms with E-state index in [-0.39, 0.29) is 24.2 Å². The van der Waals surface area contributed by atoms with Crippen molar-refractivity contribution in [2.75, 3.05) is 13.2 Å². The highest BCUT2D eigenvalue weighted by Gasteiger charge is 2.44. The standard InChI is InChI=1S/C34H35N5O3S/c1-34(2,3)43(42)39-22-28-20-29(33(41)37-16-12-23-10-14-36-15-11-23)38-32(31(28)30(39)13-17-40)27-9-5-8-26(19-27)25-7-4-6-24(18-25)21-35/h4-11,14-15,18-20,30,40H,12-13,16-17,22H2,1-3H3,(H,37,41)/t30-,43?/m1/s1. The van der Waals surface area contributed by atoms with Crippen molar-refractivity contribution in [3.05, 3.63) is 107 Å². The molecule has 1 unspecified atom stereocenters. The first-order chi connectivity index (χ1) is 20.7. The number of nitrogens with zero attached hydrogens (tertiary/aromatic N) is 4. The first kappa shape index (κ1) is 30.4. The number of benzene rings is 2. The molecule has 2 aromatic heterocycles. The van der Waals surface area contributed by atoms with Crippen LogP contribution in [0.5, 0.6) is 0 Å². The van der Waals surface area contributed by atoms with Crippen LogP contribution in [-0.2, 0) is 24.3 Å². The number of hydrogen-bond donors (Lipinski definition) is 2. The van der Waals surface area contributed by atoms with E-state index in [1.165, 1.54) is 0 Å². The molecule has 0 saturated heterocycles. The van der Waals surface area contributed by atoms with Gasteiger partial charge in [-0.25, -0.2) is 4.98 Å². The molecule has 1 amide bonds. The molecule has 0 aliphatic carbocycles. The van der Waals surface area contributed by atoms with Crippen molar-refractivity contribution in [3.63, 3.8) is 0 Å². The average Bonchev–Trinajstić information content (AvgIpc) is 3.38. The van der Waals surface area contributed by atoms with Gasteiger partial charge in [0.15, 0.2) is 0 Å². The molecule has 1 aliphatic heterocycles. The third kappa shape index (κ3) is 6.79. The van der Waals surface area contributed by atoms with Crippen molar-refractivity contribution in [2.45, 2.75) is 50.9 Å². The Labute approximate surface area is 255 Å². The first-order valence-electron chi connectivity index (χ1n) is 14.3. The van der Waals surface area contributed by atoms with Gasteiger partial charge in [-0.1, -0.05) is 30.3 Å². The van der Waals surface area contributed by atoms with Gasteiger partial charge < -0.3 is 15.0 Å².